The number of anilines is 1. The molecule has 0 aliphatic heterocycles. The molecule has 0 bridgehead atoms. The molecular formula is C22H26N6O3. The summed E-state index contributed by atoms with van der Waals surface area (Å²) in [4.78, 5) is 13.7. The Morgan fingerprint density at radius 1 is 1.10 bits per heavy atom. The van der Waals surface area contributed by atoms with Crippen molar-refractivity contribution < 1.29 is 14.2 Å². The number of hydrogen-bond acceptors (Lipinski definition) is 8. The minimum absolute atomic E-state index is 0.213. The fourth-order valence-corrected chi connectivity index (χ4v) is 3.26. The molecule has 0 spiro atoms. The van der Waals surface area contributed by atoms with Crippen LogP contribution < -0.4 is 14.8 Å². The molecule has 0 atom stereocenters. The van der Waals surface area contributed by atoms with Gasteiger partial charge in [0.25, 0.3) is 0 Å². The first-order valence-corrected chi connectivity index (χ1v) is 10.2. The van der Waals surface area contributed by atoms with E-state index in [1.165, 1.54) is 0 Å². The van der Waals surface area contributed by atoms with Crippen LogP contribution in [-0.4, -0.2) is 58.0 Å². The van der Waals surface area contributed by atoms with Gasteiger partial charge >= 0.3 is 0 Å². The number of nitrogens with zero attached hydrogens (tertiary/aromatic N) is 5. The third kappa shape index (κ3) is 4.36. The van der Waals surface area contributed by atoms with Gasteiger partial charge in [0.2, 0.25) is 5.95 Å². The average Bonchev–Trinajstić information content (AvgIpc) is 3.24. The largest absolute Gasteiger partial charge is 0.493 e. The monoisotopic (exact) mass is 422 g/mol. The molecular weight excluding hydrogens is 396 g/mol. The molecule has 9 heteroatoms. The Morgan fingerprint density at radius 2 is 1.90 bits per heavy atom. The Morgan fingerprint density at radius 3 is 2.61 bits per heavy atom. The highest BCUT2D eigenvalue weighted by molar-refractivity contribution is 5.95. The zero-order chi connectivity index (χ0) is 21.8. The molecule has 31 heavy (non-hydrogen) atoms. The van der Waals surface area contributed by atoms with E-state index in [0.717, 1.165) is 22.9 Å². The van der Waals surface area contributed by atoms with Crippen LogP contribution in [0.4, 0.5) is 5.95 Å². The second-order valence-electron chi connectivity index (χ2n) is 7.27. The Balaban J connectivity index is 1.79. The number of rotatable bonds is 9. The van der Waals surface area contributed by atoms with Gasteiger partial charge in [-0.1, -0.05) is 0 Å². The van der Waals surface area contributed by atoms with Crippen LogP contribution in [0, 0.1) is 0 Å². The summed E-state index contributed by atoms with van der Waals surface area (Å²) in [7, 11) is 3.21. The Labute approximate surface area is 180 Å². The Kier molecular flexibility index (Phi) is 6.13. The van der Waals surface area contributed by atoms with Crippen LogP contribution in [0.25, 0.3) is 27.9 Å². The Bertz CT molecular complexity index is 1180. The summed E-state index contributed by atoms with van der Waals surface area (Å²) in [6, 6.07) is 7.51. The van der Waals surface area contributed by atoms with Crippen LogP contribution in [0.15, 0.2) is 36.7 Å². The van der Waals surface area contributed by atoms with Gasteiger partial charge in [0.05, 0.1) is 25.8 Å². The standard InChI is InChI=1S/C22H26N6O3/c1-14(2)31-10-6-9-24-22-25-17-12-19(30-4)18(29-3)11-16(17)21-26-20(27-28(21)22)15-7-5-8-23-13-15/h5,7-8,11-14H,6,9-10H2,1-4H3,(H,24,25). The van der Waals surface area contributed by atoms with E-state index in [1.807, 2.05) is 38.1 Å². The molecule has 3 heterocycles. The van der Waals surface area contributed by atoms with E-state index in [0.29, 0.717) is 42.1 Å². The molecule has 0 radical (unpaired) electrons. The van der Waals surface area contributed by atoms with Gasteiger partial charge in [0, 0.05) is 42.6 Å². The van der Waals surface area contributed by atoms with Crippen LogP contribution in [0.3, 0.4) is 0 Å². The molecule has 1 N–H and O–H groups in total. The summed E-state index contributed by atoms with van der Waals surface area (Å²) in [6.45, 7) is 5.41. The number of pyridine rings is 1. The van der Waals surface area contributed by atoms with Crippen molar-refractivity contribution in [3.63, 3.8) is 0 Å². The molecule has 0 unspecified atom stereocenters. The first-order chi connectivity index (χ1) is 15.1. The predicted octanol–water partition coefficient (Wildman–Crippen LogP) is 3.58. The first kappa shape index (κ1) is 20.8. The van der Waals surface area contributed by atoms with Gasteiger partial charge in [0.15, 0.2) is 23.0 Å². The summed E-state index contributed by atoms with van der Waals surface area (Å²) in [5.41, 5.74) is 2.23. The molecule has 0 fully saturated rings. The quantitative estimate of drug-likeness (QED) is 0.409. The molecule has 4 aromatic rings. The van der Waals surface area contributed by atoms with Crippen molar-refractivity contribution in [3.05, 3.63) is 36.7 Å². The lowest BCUT2D eigenvalue weighted by molar-refractivity contribution is 0.0787. The van der Waals surface area contributed by atoms with Crippen molar-refractivity contribution in [1.82, 2.24) is 24.6 Å². The van der Waals surface area contributed by atoms with E-state index < -0.39 is 0 Å². The van der Waals surface area contributed by atoms with Crippen molar-refractivity contribution in [2.45, 2.75) is 26.4 Å². The van der Waals surface area contributed by atoms with Crippen LogP contribution >= 0.6 is 0 Å². The van der Waals surface area contributed by atoms with E-state index >= 15 is 0 Å². The lowest BCUT2D eigenvalue weighted by Crippen LogP contribution is -2.13. The molecule has 0 saturated carbocycles. The second kappa shape index (κ2) is 9.13. The van der Waals surface area contributed by atoms with Gasteiger partial charge < -0.3 is 19.5 Å². The van der Waals surface area contributed by atoms with Gasteiger partial charge in [-0.3, -0.25) is 4.98 Å². The minimum atomic E-state index is 0.213. The van der Waals surface area contributed by atoms with Crippen LogP contribution in [0.2, 0.25) is 0 Å². The molecule has 0 aliphatic carbocycles. The number of benzene rings is 1. The average molecular weight is 422 g/mol. The van der Waals surface area contributed by atoms with E-state index in [4.69, 9.17) is 29.3 Å². The molecule has 0 amide bonds. The maximum atomic E-state index is 5.62. The molecule has 9 nitrogen and oxygen atoms in total. The lowest BCUT2D eigenvalue weighted by Gasteiger charge is -2.12. The summed E-state index contributed by atoms with van der Waals surface area (Å²) < 4.78 is 18.3. The minimum Gasteiger partial charge on any atom is -0.493 e. The van der Waals surface area contributed by atoms with Crippen molar-refractivity contribution in [2.75, 3.05) is 32.7 Å². The fraction of sp³-hybridized carbons (Fsp3) is 0.364. The SMILES string of the molecule is COc1cc2nc(NCCCOC(C)C)n3nc(-c4cccnc4)nc3c2cc1OC. The van der Waals surface area contributed by atoms with E-state index in [1.54, 1.807) is 31.1 Å². The summed E-state index contributed by atoms with van der Waals surface area (Å²) in [5, 5.41) is 8.88. The highest BCUT2D eigenvalue weighted by atomic mass is 16.5. The number of ether oxygens (including phenoxy) is 3. The van der Waals surface area contributed by atoms with Gasteiger partial charge in [-0.2, -0.15) is 4.52 Å². The summed E-state index contributed by atoms with van der Waals surface area (Å²) in [6.07, 6.45) is 4.52. The highest BCUT2D eigenvalue weighted by Crippen LogP contribution is 2.34. The van der Waals surface area contributed by atoms with Crippen molar-refractivity contribution in [1.29, 1.82) is 0 Å². The van der Waals surface area contributed by atoms with Crippen LogP contribution in [-0.2, 0) is 4.74 Å². The molecule has 162 valence electrons. The maximum Gasteiger partial charge on any atom is 0.226 e. The normalized spacial score (nSPS) is 11.4. The molecule has 0 saturated heterocycles. The van der Waals surface area contributed by atoms with Crippen molar-refractivity contribution >= 4 is 22.5 Å². The zero-order valence-corrected chi connectivity index (χ0v) is 18.1. The van der Waals surface area contributed by atoms with Gasteiger partial charge in [-0.05, 0) is 38.5 Å². The van der Waals surface area contributed by atoms with Gasteiger partial charge in [-0.15, -0.1) is 5.10 Å². The van der Waals surface area contributed by atoms with Gasteiger partial charge in [0.1, 0.15) is 0 Å². The number of nitrogens with one attached hydrogen (secondary N) is 1. The third-order valence-electron chi connectivity index (χ3n) is 4.75. The van der Waals surface area contributed by atoms with E-state index in [2.05, 4.69) is 10.3 Å². The third-order valence-corrected chi connectivity index (χ3v) is 4.75. The second-order valence-corrected chi connectivity index (χ2v) is 7.27. The first-order valence-electron chi connectivity index (χ1n) is 10.2. The van der Waals surface area contributed by atoms with Gasteiger partial charge in [-0.25, -0.2) is 9.97 Å². The number of aromatic nitrogens is 5. The molecule has 3 aromatic heterocycles. The molecule has 0 aliphatic rings. The van der Waals surface area contributed by atoms with E-state index in [9.17, 15) is 0 Å². The topological polar surface area (TPSA) is 95.7 Å². The summed E-state index contributed by atoms with van der Waals surface area (Å²) >= 11 is 0. The van der Waals surface area contributed by atoms with Crippen LogP contribution in [0.5, 0.6) is 11.5 Å². The summed E-state index contributed by atoms with van der Waals surface area (Å²) in [5.74, 6) is 2.39. The maximum absolute atomic E-state index is 5.62. The highest BCUT2D eigenvalue weighted by Gasteiger charge is 2.17. The fourth-order valence-electron chi connectivity index (χ4n) is 3.26. The number of methoxy groups -OCH3 is 2. The predicted molar refractivity (Wildman–Crippen MR) is 119 cm³/mol. The van der Waals surface area contributed by atoms with Crippen molar-refractivity contribution in [3.8, 4) is 22.9 Å². The lowest BCUT2D eigenvalue weighted by atomic mass is 10.2. The van der Waals surface area contributed by atoms with E-state index in [-0.39, 0.29) is 6.10 Å². The smallest absolute Gasteiger partial charge is 0.226 e. The zero-order valence-electron chi connectivity index (χ0n) is 18.1. The molecule has 4 rings (SSSR count). The number of fused-ring (bicyclic) bond motifs is 3. The van der Waals surface area contributed by atoms with Crippen molar-refractivity contribution in [2.24, 2.45) is 0 Å². The van der Waals surface area contributed by atoms with Crippen LogP contribution in [0.1, 0.15) is 20.3 Å². The number of hydrogen-bond donors (Lipinski definition) is 1. The molecule has 1 aromatic carbocycles. The Hall–Kier alpha value is -3.46.